The number of hydrogen-bond acceptors (Lipinski definition) is 5. The summed E-state index contributed by atoms with van der Waals surface area (Å²) in [7, 11) is -2.90. The molecular formula is C36H40FN3O5S. The first kappa shape index (κ1) is 34.2. The van der Waals surface area contributed by atoms with Crippen LogP contribution in [0.5, 0.6) is 5.75 Å². The highest BCUT2D eigenvalue weighted by atomic mass is 32.2. The first-order chi connectivity index (χ1) is 22.0. The lowest BCUT2D eigenvalue weighted by Gasteiger charge is -2.34. The second-order valence-electron chi connectivity index (χ2n) is 11.1. The lowest BCUT2D eigenvalue weighted by Crippen LogP contribution is -2.53. The van der Waals surface area contributed by atoms with E-state index >= 15 is 4.39 Å². The van der Waals surface area contributed by atoms with Crippen molar-refractivity contribution in [3.8, 4) is 5.75 Å². The van der Waals surface area contributed by atoms with Crippen molar-refractivity contribution in [3.63, 3.8) is 0 Å². The number of ether oxygens (including phenoxy) is 1. The highest BCUT2D eigenvalue weighted by molar-refractivity contribution is 7.92. The number of nitrogens with one attached hydrogen (secondary N) is 1. The zero-order chi connectivity index (χ0) is 33.3. The molecule has 1 atom stereocenters. The van der Waals surface area contributed by atoms with E-state index in [2.05, 4.69) is 5.32 Å². The third-order valence-corrected chi connectivity index (χ3v) is 9.38. The van der Waals surface area contributed by atoms with Gasteiger partial charge in [-0.2, -0.15) is 0 Å². The van der Waals surface area contributed by atoms with E-state index in [-0.39, 0.29) is 34.9 Å². The smallest absolute Gasteiger partial charge is 0.264 e. The van der Waals surface area contributed by atoms with Gasteiger partial charge < -0.3 is 15.0 Å². The normalized spacial score (nSPS) is 11.8. The molecule has 0 unspecified atom stereocenters. The molecule has 2 amide bonds. The van der Waals surface area contributed by atoms with Crippen LogP contribution in [0.4, 0.5) is 10.1 Å². The van der Waals surface area contributed by atoms with Gasteiger partial charge in [-0.25, -0.2) is 12.8 Å². The van der Waals surface area contributed by atoms with Gasteiger partial charge in [0.1, 0.15) is 24.2 Å². The lowest BCUT2D eigenvalue weighted by atomic mass is 10.0. The van der Waals surface area contributed by atoms with Crippen LogP contribution >= 0.6 is 0 Å². The van der Waals surface area contributed by atoms with Gasteiger partial charge in [0.2, 0.25) is 11.8 Å². The van der Waals surface area contributed by atoms with E-state index in [9.17, 15) is 18.0 Å². The van der Waals surface area contributed by atoms with Crippen molar-refractivity contribution < 1.29 is 27.1 Å². The Morgan fingerprint density at radius 3 is 2.20 bits per heavy atom. The number of aryl methyl sites for hydroxylation is 2. The number of anilines is 1. The van der Waals surface area contributed by atoms with Crippen molar-refractivity contribution in [3.05, 3.63) is 125 Å². The molecule has 0 aromatic heterocycles. The monoisotopic (exact) mass is 645 g/mol. The topological polar surface area (TPSA) is 96.0 Å². The maximum absolute atomic E-state index is 15.1. The van der Waals surface area contributed by atoms with Crippen molar-refractivity contribution in [2.45, 2.75) is 51.1 Å². The summed E-state index contributed by atoms with van der Waals surface area (Å²) in [5.74, 6) is -1.40. The summed E-state index contributed by atoms with van der Waals surface area (Å²) in [5, 5.41) is 2.88. The first-order valence-corrected chi connectivity index (χ1v) is 16.6. The van der Waals surface area contributed by atoms with Crippen LogP contribution in [0.3, 0.4) is 0 Å². The fourth-order valence-corrected chi connectivity index (χ4v) is 6.49. The summed E-state index contributed by atoms with van der Waals surface area (Å²) in [6.07, 6.45) is 0.801. The van der Waals surface area contributed by atoms with Gasteiger partial charge in [0.15, 0.2) is 0 Å². The Morgan fingerprint density at radius 2 is 1.54 bits per heavy atom. The summed E-state index contributed by atoms with van der Waals surface area (Å²) in [6, 6.07) is 25.5. The Kier molecular flexibility index (Phi) is 11.5. The highest BCUT2D eigenvalue weighted by Crippen LogP contribution is 2.34. The zero-order valence-electron chi connectivity index (χ0n) is 26.6. The quantitative estimate of drug-likeness (QED) is 0.187. The molecule has 4 rings (SSSR count). The molecule has 4 aromatic carbocycles. The van der Waals surface area contributed by atoms with Crippen molar-refractivity contribution in [1.82, 2.24) is 10.2 Å². The largest absolute Gasteiger partial charge is 0.495 e. The van der Waals surface area contributed by atoms with E-state index in [0.717, 1.165) is 21.0 Å². The van der Waals surface area contributed by atoms with Crippen LogP contribution in [-0.4, -0.2) is 51.4 Å². The van der Waals surface area contributed by atoms with Crippen LogP contribution in [0.1, 0.15) is 35.6 Å². The molecule has 46 heavy (non-hydrogen) atoms. The fourth-order valence-electron chi connectivity index (χ4n) is 5.08. The number of sulfonamides is 1. The van der Waals surface area contributed by atoms with Crippen molar-refractivity contribution in [2.75, 3.05) is 24.5 Å². The maximum atomic E-state index is 15.1. The molecule has 0 fully saturated rings. The predicted molar refractivity (Wildman–Crippen MR) is 178 cm³/mol. The third kappa shape index (κ3) is 8.31. The highest BCUT2D eigenvalue weighted by Gasteiger charge is 2.36. The Morgan fingerprint density at radius 1 is 0.891 bits per heavy atom. The van der Waals surface area contributed by atoms with E-state index in [0.29, 0.717) is 13.0 Å². The summed E-state index contributed by atoms with van der Waals surface area (Å²) in [5.41, 5.74) is 2.76. The van der Waals surface area contributed by atoms with Crippen LogP contribution in [0, 0.1) is 19.7 Å². The Labute approximate surface area is 270 Å². The number of methoxy groups -OCH3 is 1. The number of hydrogen-bond donors (Lipinski definition) is 1. The molecule has 0 aliphatic rings. The number of rotatable bonds is 14. The lowest BCUT2D eigenvalue weighted by molar-refractivity contribution is -0.140. The van der Waals surface area contributed by atoms with Crippen LogP contribution in [0.2, 0.25) is 0 Å². The second-order valence-corrected chi connectivity index (χ2v) is 13.0. The second kappa shape index (κ2) is 15.5. The molecule has 0 aliphatic carbocycles. The molecule has 0 spiro atoms. The van der Waals surface area contributed by atoms with Gasteiger partial charge in [0.25, 0.3) is 10.0 Å². The van der Waals surface area contributed by atoms with Crippen LogP contribution in [0.25, 0.3) is 0 Å². The summed E-state index contributed by atoms with van der Waals surface area (Å²) in [6.45, 7) is 5.01. The number of halogens is 1. The van der Waals surface area contributed by atoms with Gasteiger partial charge in [-0.15, -0.1) is 0 Å². The predicted octanol–water partition coefficient (Wildman–Crippen LogP) is 5.81. The molecule has 242 valence electrons. The standard InChI is InChI=1S/C36H40FN3O5S/c1-5-21-38-36(42)33(23-28-11-7-6-8-12-28)39(24-29-13-9-10-14-31(29)37)35(41)25-40(32-22-27(3)17-20-34(32)45-4)46(43,44)30-18-15-26(2)16-19-30/h6-20,22,33H,5,21,23-25H2,1-4H3,(H,38,42)/t33-/m1/s1. The first-order valence-electron chi connectivity index (χ1n) is 15.1. The molecule has 4 aromatic rings. The minimum absolute atomic E-state index is 0.0170. The van der Waals surface area contributed by atoms with Gasteiger partial charge in [-0.1, -0.05) is 79.2 Å². The summed E-state index contributed by atoms with van der Waals surface area (Å²) < 4.78 is 50.2. The molecule has 0 saturated carbocycles. The summed E-state index contributed by atoms with van der Waals surface area (Å²) >= 11 is 0. The van der Waals surface area contributed by atoms with E-state index in [1.165, 1.54) is 30.2 Å². The van der Waals surface area contributed by atoms with Gasteiger partial charge in [0.05, 0.1) is 17.7 Å². The molecule has 0 radical (unpaired) electrons. The van der Waals surface area contributed by atoms with Gasteiger partial charge in [-0.05, 0) is 61.7 Å². The Hall–Kier alpha value is -4.70. The van der Waals surface area contributed by atoms with E-state index < -0.39 is 40.2 Å². The number of carbonyl (C=O) groups is 2. The molecular weight excluding hydrogens is 605 g/mol. The number of nitrogens with zero attached hydrogens (tertiary/aromatic N) is 2. The minimum Gasteiger partial charge on any atom is -0.495 e. The minimum atomic E-state index is -4.32. The number of benzene rings is 4. The van der Waals surface area contributed by atoms with Gasteiger partial charge in [-0.3, -0.25) is 13.9 Å². The zero-order valence-corrected chi connectivity index (χ0v) is 27.4. The van der Waals surface area contributed by atoms with E-state index in [1.807, 2.05) is 44.2 Å². The molecule has 10 heteroatoms. The van der Waals surface area contributed by atoms with Crippen LogP contribution in [0.15, 0.2) is 102 Å². The maximum Gasteiger partial charge on any atom is 0.264 e. The third-order valence-electron chi connectivity index (χ3n) is 7.61. The molecule has 0 bridgehead atoms. The van der Waals surface area contributed by atoms with E-state index in [1.54, 1.807) is 55.5 Å². The van der Waals surface area contributed by atoms with E-state index in [4.69, 9.17) is 4.74 Å². The average Bonchev–Trinajstić information content (AvgIpc) is 3.05. The van der Waals surface area contributed by atoms with Crippen molar-refractivity contribution in [2.24, 2.45) is 0 Å². The van der Waals surface area contributed by atoms with Crippen molar-refractivity contribution >= 4 is 27.5 Å². The van der Waals surface area contributed by atoms with Crippen LogP contribution in [-0.2, 0) is 32.6 Å². The molecule has 0 aliphatic heterocycles. The van der Waals surface area contributed by atoms with Gasteiger partial charge in [0, 0.05) is 25.1 Å². The molecule has 1 N–H and O–H groups in total. The number of carbonyl (C=O) groups excluding carboxylic acids is 2. The SMILES string of the molecule is CCCNC(=O)[C@@H](Cc1ccccc1)N(Cc1ccccc1F)C(=O)CN(c1cc(C)ccc1OC)S(=O)(=O)c1ccc(C)cc1. The Bertz CT molecular complexity index is 1750. The fraction of sp³-hybridized carbons (Fsp3) is 0.278. The molecule has 8 nitrogen and oxygen atoms in total. The Balaban J connectivity index is 1.85. The number of amides is 2. The molecule has 0 saturated heterocycles. The van der Waals surface area contributed by atoms with Crippen LogP contribution < -0.4 is 14.4 Å². The molecule has 0 heterocycles. The summed E-state index contributed by atoms with van der Waals surface area (Å²) in [4.78, 5) is 29.5. The van der Waals surface area contributed by atoms with Crippen molar-refractivity contribution in [1.29, 1.82) is 0 Å². The van der Waals surface area contributed by atoms with Gasteiger partial charge >= 0.3 is 0 Å². The average molecular weight is 646 g/mol.